The smallest absolute Gasteiger partial charge is 0.364 e. The zero-order chi connectivity index (χ0) is 88.1. The van der Waals surface area contributed by atoms with Crippen LogP contribution in [0.2, 0.25) is 0 Å². The Morgan fingerprint density at radius 3 is 1.16 bits per heavy atom. The summed E-state index contributed by atoms with van der Waals surface area (Å²) >= 11 is 0. The summed E-state index contributed by atoms with van der Waals surface area (Å²) in [5.74, 6) is -21.9. The lowest BCUT2D eigenvalue weighted by molar-refractivity contribution is -0.401. The van der Waals surface area contributed by atoms with Crippen LogP contribution in [0, 0.1) is 0 Å². The number of aliphatic hydroxyl groups excluding tert-OH is 24. The van der Waals surface area contributed by atoms with Gasteiger partial charge in [0.25, 0.3) is 17.4 Å². The Morgan fingerprint density at radius 2 is 0.729 bits per heavy atom. The first kappa shape index (κ1) is 98.2. The number of rotatable bonds is 34. The van der Waals surface area contributed by atoms with E-state index in [1.165, 1.54) is 6.92 Å². The molecule has 0 saturated carbocycles. The summed E-state index contributed by atoms with van der Waals surface area (Å²) in [5.41, 5.74) is 0. The fourth-order valence-electron chi connectivity index (χ4n) is 15.1. The lowest BCUT2D eigenvalue weighted by Crippen LogP contribution is -2.72. The topological polar surface area (TPSA) is 852 Å². The molecule has 31 N–H and O–H groups in total. The molecule has 8 aliphatic rings. The highest BCUT2D eigenvalue weighted by Gasteiger charge is 2.66. The Bertz CT molecular complexity index is 3330. The Balaban J connectivity index is 1.09. The molecule has 8 saturated heterocycles. The second kappa shape index (κ2) is 41.0. The SMILES string of the molecule is CC(=O)N[C@H]1[C@H](O[C@@H]2[C@H](O)[C@@H](O[C@@H]3O[C@@H](C)[C@@H](O)[C@@H](O)[C@@H]3O)[C@H](O[C@H]3[C@H](O)[C@@H](O)[C@H](O)O[C@@H]3CO)O[C@@H]2CO)O[C@H](CO)[C@H](O)[C@@H]1O[C@@H]1O[C@H](CO)[C@H](O)[C@H](O[C@]2(C(=O)O)C[C@H](O)[C@@H](NC(C)=O)[C@H]([C@H](O)[C@@H](CO)O[C@]3(C(=O)O)C[C@H](O)[C@@H](NC(C)=O)[C@H]([C@H](O)[C@@H](CO)O[C@]4(C(=O)O)C[C@H](O)[C@@H](NC(C)=O)[C@H]([C@H](O)[C@H](O)CO)O4)O3)O2)[C@H]1O. The lowest BCUT2D eigenvalue weighted by Gasteiger charge is -2.52. The van der Waals surface area contributed by atoms with E-state index in [1.807, 2.05) is 0 Å². The molecule has 4 amide bonds. The van der Waals surface area contributed by atoms with Gasteiger partial charge in [-0.15, -0.1) is 0 Å². The number of aliphatic carboxylic acids is 3. The maximum Gasteiger partial charge on any atom is 0.364 e. The first-order valence-electron chi connectivity index (χ1n) is 36.9. The zero-order valence-electron chi connectivity index (χ0n) is 63.2. The van der Waals surface area contributed by atoms with Gasteiger partial charge in [0.15, 0.2) is 31.5 Å². The van der Waals surface area contributed by atoms with Crippen molar-refractivity contribution >= 4 is 41.5 Å². The molecule has 0 radical (unpaired) electrons. The fraction of sp³-hybridized carbons (Fsp3) is 0.892. The molecule has 0 aromatic rings. The van der Waals surface area contributed by atoms with Crippen molar-refractivity contribution in [1.82, 2.24) is 21.3 Å². The minimum Gasteiger partial charge on any atom is -0.477 e. The largest absolute Gasteiger partial charge is 0.477 e. The van der Waals surface area contributed by atoms with Crippen LogP contribution in [0.3, 0.4) is 0 Å². The highest BCUT2D eigenvalue weighted by molar-refractivity contribution is 5.78. The molecule has 680 valence electrons. The summed E-state index contributed by atoms with van der Waals surface area (Å²) in [6, 6.07) is -8.18. The molecule has 8 fully saturated rings. The maximum atomic E-state index is 13.9. The second-order valence-corrected chi connectivity index (χ2v) is 29.6. The van der Waals surface area contributed by atoms with E-state index in [-0.39, 0.29) is 0 Å². The summed E-state index contributed by atoms with van der Waals surface area (Å²) in [6.07, 6.45) is -86.0. The third-order valence-corrected chi connectivity index (χ3v) is 21.2. The summed E-state index contributed by atoms with van der Waals surface area (Å²) in [7, 11) is 0. The number of ether oxygens (including phenoxy) is 15. The van der Waals surface area contributed by atoms with Crippen LogP contribution in [0.15, 0.2) is 0 Å². The quantitative estimate of drug-likeness (QED) is 0.0284. The summed E-state index contributed by atoms with van der Waals surface area (Å²) in [5, 5.41) is 309. The van der Waals surface area contributed by atoms with E-state index in [9.17, 15) is 171 Å². The highest BCUT2D eigenvalue weighted by Crippen LogP contribution is 2.44. The van der Waals surface area contributed by atoms with Gasteiger partial charge in [0, 0.05) is 47.0 Å². The van der Waals surface area contributed by atoms with E-state index in [0.717, 1.165) is 27.7 Å². The van der Waals surface area contributed by atoms with Crippen LogP contribution in [0.5, 0.6) is 0 Å². The maximum absolute atomic E-state index is 13.9. The van der Waals surface area contributed by atoms with E-state index < -0.39 is 369 Å². The Hall–Kier alpha value is -5.27. The van der Waals surface area contributed by atoms with Gasteiger partial charge in [0.1, 0.15) is 171 Å². The van der Waals surface area contributed by atoms with Crippen molar-refractivity contribution in [3.63, 3.8) is 0 Å². The third-order valence-electron chi connectivity index (χ3n) is 21.2. The molecule has 53 nitrogen and oxygen atoms in total. The number of carbonyl (C=O) groups excluding carboxylic acids is 4. The van der Waals surface area contributed by atoms with Gasteiger partial charge in [-0.05, 0) is 6.92 Å². The zero-order valence-corrected chi connectivity index (χ0v) is 63.2. The number of hydrogen-bond donors (Lipinski definition) is 31. The monoisotopic (exact) mass is 1730 g/mol. The summed E-state index contributed by atoms with van der Waals surface area (Å²) in [6.45, 7) is -4.78. The molecule has 118 heavy (non-hydrogen) atoms. The number of carboxylic acid groups (broad SMARTS) is 3. The van der Waals surface area contributed by atoms with Crippen LogP contribution < -0.4 is 21.3 Å². The van der Waals surface area contributed by atoms with E-state index in [1.54, 1.807) is 0 Å². The highest BCUT2D eigenvalue weighted by atomic mass is 16.8. The van der Waals surface area contributed by atoms with E-state index in [2.05, 4.69) is 21.3 Å². The molecule has 0 aromatic carbocycles. The van der Waals surface area contributed by atoms with E-state index in [0.29, 0.717) is 0 Å². The lowest BCUT2D eigenvalue weighted by atomic mass is 9.86. The van der Waals surface area contributed by atoms with Crippen molar-refractivity contribution in [2.45, 2.75) is 316 Å². The Kier molecular flexibility index (Phi) is 34.1. The first-order chi connectivity index (χ1) is 55.3. The number of carboxylic acids is 3. The predicted molar refractivity (Wildman–Crippen MR) is 361 cm³/mol. The fourth-order valence-corrected chi connectivity index (χ4v) is 15.1. The molecule has 0 bridgehead atoms. The van der Waals surface area contributed by atoms with Crippen LogP contribution in [-0.4, -0.2) is 488 Å². The van der Waals surface area contributed by atoms with E-state index >= 15 is 0 Å². The van der Waals surface area contributed by atoms with Crippen molar-refractivity contribution in [3.05, 3.63) is 0 Å². The number of hydrogen-bond acceptors (Lipinski definition) is 46. The molecular weight excluding hydrogens is 1620 g/mol. The predicted octanol–water partition coefficient (Wildman–Crippen LogP) is -19.2. The van der Waals surface area contributed by atoms with Crippen LogP contribution in [0.25, 0.3) is 0 Å². The Labute approximate surface area is 666 Å². The van der Waals surface area contributed by atoms with Crippen molar-refractivity contribution in [2.75, 3.05) is 46.2 Å². The van der Waals surface area contributed by atoms with Crippen LogP contribution in [0.4, 0.5) is 0 Å². The number of nitrogens with one attached hydrogen (secondary N) is 4. The average Bonchev–Trinajstić information content (AvgIpc) is 0.750. The molecule has 43 atom stereocenters. The summed E-state index contributed by atoms with van der Waals surface area (Å²) in [4.78, 5) is 92.0. The average molecular weight is 1730 g/mol. The number of amides is 4. The van der Waals surface area contributed by atoms with Gasteiger partial charge in [0.05, 0.1) is 88.8 Å². The minimum atomic E-state index is -3.67. The normalized spacial score (nSPS) is 44.7. The van der Waals surface area contributed by atoms with Gasteiger partial charge < -0.3 is 230 Å². The van der Waals surface area contributed by atoms with Gasteiger partial charge in [0.2, 0.25) is 23.6 Å². The summed E-state index contributed by atoms with van der Waals surface area (Å²) < 4.78 is 87.0. The molecule has 0 aromatic heterocycles. The third kappa shape index (κ3) is 21.0. The molecule has 0 aliphatic carbocycles. The molecule has 53 heteroatoms. The molecular formula is C65H106N4O49. The van der Waals surface area contributed by atoms with E-state index in [4.69, 9.17) is 71.1 Å². The standard InChI is InChI=1S/C65H106N4O49/c1-16-35(85)41(91)44(94)57(104-16)112-54-45(95)48(30(15-76)108-59(54)110-47-29(14-75)105-55(97)43(93)42(47)92)109-56-34(69-20(5)80)49(37(87)25(10-71)106-56)111-58-46(96)53(38(88)26(11-72)107-58)118-65(62(102)103)8-23(83)33(68-19(4)79)52(117-65)40(90)28(13-74)114-64(61(100)101)7-22(82)32(67-18(3)78)51(116-64)39(89)27(12-73)113-63(60(98)99)6-21(81)31(66-17(2)77)50(115-63)36(86)24(84)9-70/h16,21-59,70-76,81-97H,6-15H2,1-5H3,(H,66,77)(H,67,78)(H,68,79)(H,69,80)(H,98,99)(H,100,101)(H,102,103)/t16-,21-,22-,23-,24+,25+,26+,27+,28+,29+,30+,31+,32+,33+,34+,35+,36+,37-,38-,39+,40+,41+,42+,43+,44-,45-,46+,47+,48-,49+,50+,51+,52+,53-,54+,55+,56-,57-,58-,59-,63+,64+,65-/m0/s1. The van der Waals surface area contributed by atoms with Gasteiger partial charge in [-0.2, -0.15) is 0 Å². The molecule has 8 aliphatic heterocycles. The minimum absolute atomic E-state index is 0.804. The van der Waals surface area contributed by atoms with Crippen molar-refractivity contribution < 1.29 is 242 Å². The van der Waals surface area contributed by atoms with Crippen molar-refractivity contribution in [3.8, 4) is 0 Å². The van der Waals surface area contributed by atoms with Gasteiger partial charge >= 0.3 is 17.9 Å². The van der Waals surface area contributed by atoms with Crippen LogP contribution in [0.1, 0.15) is 53.9 Å². The molecule has 8 heterocycles. The number of aliphatic hydroxyl groups is 24. The van der Waals surface area contributed by atoms with Gasteiger partial charge in [-0.25, -0.2) is 14.4 Å². The molecule has 0 spiro atoms. The van der Waals surface area contributed by atoms with Crippen LogP contribution in [-0.2, 0) is 105 Å². The molecule has 8 rings (SSSR count). The van der Waals surface area contributed by atoms with Crippen molar-refractivity contribution in [2.24, 2.45) is 0 Å². The van der Waals surface area contributed by atoms with Gasteiger partial charge in [-0.3, -0.25) is 19.2 Å². The second-order valence-electron chi connectivity index (χ2n) is 29.6. The van der Waals surface area contributed by atoms with Crippen LogP contribution >= 0.6 is 0 Å². The first-order valence-corrected chi connectivity index (χ1v) is 36.9. The molecule has 0 unspecified atom stereocenters. The van der Waals surface area contributed by atoms with Crippen molar-refractivity contribution in [1.29, 1.82) is 0 Å². The number of carbonyl (C=O) groups is 7. The Morgan fingerprint density at radius 1 is 0.364 bits per heavy atom. The van der Waals surface area contributed by atoms with Gasteiger partial charge in [-0.1, -0.05) is 0 Å².